The molecule has 20 heavy (non-hydrogen) atoms. The van der Waals surface area contributed by atoms with Crippen LogP contribution in [-0.4, -0.2) is 11.1 Å². The Morgan fingerprint density at radius 2 is 1.65 bits per heavy atom. The van der Waals surface area contributed by atoms with Crippen molar-refractivity contribution in [3.05, 3.63) is 12.2 Å². The van der Waals surface area contributed by atoms with Crippen molar-refractivity contribution >= 4 is 5.97 Å². The highest BCUT2D eigenvalue weighted by molar-refractivity contribution is 5.66. The number of aliphatic carboxylic acids is 1. The molecule has 2 heteroatoms. The summed E-state index contributed by atoms with van der Waals surface area (Å²) in [4.78, 5) is 10.3. The number of carboxylic acid groups (broad SMARTS) is 1. The fourth-order valence-corrected chi connectivity index (χ4v) is 1.55. The predicted molar refractivity (Wildman–Crippen MR) is 82.7 cm³/mol. The zero-order chi connectivity index (χ0) is 14.9. The maximum atomic E-state index is 10.3. The Morgan fingerprint density at radius 1 is 0.950 bits per heavy atom. The lowest BCUT2D eigenvalue weighted by molar-refractivity contribution is -0.137. The molecule has 0 radical (unpaired) electrons. The molecule has 0 unspecified atom stereocenters. The van der Waals surface area contributed by atoms with Crippen molar-refractivity contribution in [2.45, 2.75) is 58.3 Å². The van der Waals surface area contributed by atoms with Crippen molar-refractivity contribution in [1.82, 2.24) is 0 Å². The molecule has 0 saturated heterocycles. The van der Waals surface area contributed by atoms with E-state index in [9.17, 15) is 4.79 Å². The van der Waals surface area contributed by atoms with E-state index in [0.29, 0.717) is 6.42 Å². The van der Waals surface area contributed by atoms with Crippen LogP contribution >= 0.6 is 0 Å². The largest absolute Gasteiger partial charge is 0.481 e. The summed E-state index contributed by atoms with van der Waals surface area (Å²) in [7, 11) is 0. The Kier molecular flexibility index (Phi) is 13.4. The topological polar surface area (TPSA) is 37.3 Å². The van der Waals surface area contributed by atoms with Crippen LogP contribution in [0, 0.1) is 35.5 Å². The molecule has 0 aliphatic heterocycles. The SMILES string of the molecule is CC#CC#CC#CC/C=C\CCCCCCCC(=O)O. The fourth-order valence-electron chi connectivity index (χ4n) is 1.55. The van der Waals surface area contributed by atoms with Gasteiger partial charge in [0.15, 0.2) is 0 Å². The van der Waals surface area contributed by atoms with Gasteiger partial charge in [-0.05, 0) is 49.9 Å². The first-order valence-electron chi connectivity index (χ1n) is 7.03. The molecule has 2 nitrogen and oxygen atoms in total. The van der Waals surface area contributed by atoms with Gasteiger partial charge in [0.25, 0.3) is 0 Å². The van der Waals surface area contributed by atoms with Crippen molar-refractivity contribution in [3.63, 3.8) is 0 Å². The summed E-state index contributed by atoms with van der Waals surface area (Å²) in [5.74, 6) is 15.6. The van der Waals surface area contributed by atoms with Gasteiger partial charge in [0.1, 0.15) is 0 Å². The quantitative estimate of drug-likeness (QED) is 0.393. The predicted octanol–water partition coefficient (Wildman–Crippen LogP) is 3.78. The second-order valence-corrected chi connectivity index (χ2v) is 4.30. The molecule has 1 N–H and O–H groups in total. The summed E-state index contributed by atoms with van der Waals surface area (Å²) >= 11 is 0. The van der Waals surface area contributed by atoms with Crippen molar-refractivity contribution in [2.75, 3.05) is 0 Å². The van der Waals surface area contributed by atoms with Crippen molar-refractivity contribution in [1.29, 1.82) is 0 Å². The first-order chi connectivity index (χ1) is 9.77. The van der Waals surface area contributed by atoms with E-state index >= 15 is 0 Å². The molecular formula is C18H22O2. The van der Waals surface area contributed by atoms with Gasteiger partial charge < -0.3 is 5.11 Å². The molecule has 0 atom stereocenters. The zero-order valence-electron chi connectivity index (χ0n) is 12.2. The van der Waals surface area contributed by atoms with Crippen LogP contribution in [0.1, 0.15) is 58.3 Å². The monoisotopic (exact) mass is 270 g/mol. The standard InChI is InChI=1S/C18H22O2/c1-2-3-4-5-6-7-8-9-10-11-12-13-14-15-16-17-18(19)20/h9-10H,8,11-17H2,1H3,(H,19,20)/b10-9-. The number of carbonyl (C=O) groups is 1. The van der Waals surface area contributed by atoms with Crippen LogP contribution in [0.2, 0.25) is 0 Å². The van der Waals surface area contributed by atoms with Crippen molar-refractivity contribution in [2.24, 2.45) is 0 Å². The number of rotatable bonds is 9. The molecule has 0 rings (SSSR count). The fraction of sp³-hybridized carbons (Fsp3) is 0.500. The average molecular weight is 270 g/mol. The minimum Gasteiger partial charge on any atom is -0.481 e. The highest BCUT2D eigenvalue weighted by atomic mass is 16.4. The maximum Gasteiger partial charge on any atom is 0.303 e. The van der Waals surface area contributed by atoms with Gasteiger partial charge in [0.05, 0.1) is 0 Å². The molecular weight excluding hydrogens is 248 g/mol. The molecule has 0 amide bonds. The molecule has 106 valence electrons. The van der Waals surface area contributed by atoms with E-state index in [4.69, 9.17) is 5.11 Å². The van der Waals surface area contributed by atoms with Gasteiger partial charge in [-0.25, -0.2) is 0 Å². The lowest BCUT2D eigenvalue weighted by Gasteiger charge is -1.97. The minimum absolute atomic E-state index is 0.297. The Bertz CT molecular complexity index is 467. The third kappa shape index (κ3) is 15.9. The van der Waals surface area contributed by atoms with Crippen LogP contribution in [0.4, 0.5) is 0 Å². The van der Waals surface area contributed by atoms with Crippen LogP contribution in [0.3, 0.4) is 0 Å². The van der Waals surface area contributed by atoms with Gasteiger partial charge >= 0.3 is 5.97 Å². The average Bonchev–Trinajstić information content (AvgIpc) is 2.43. The van der Waals surface area contributed by atoms with E-state index in [-0.39, 0.29) is 0 Å². The van der Waals surface area contributed by atoms with Crippen LogP contribution in [-0.2, 0) is 4.79 Å². The number of hydrogen-bond donors (Lipinski definition) is 1. The number of hydrogen-bond acceptors (Lipinski definition) is 1. The van der Waals surface area contributed by atoms with Crippen LogP contribution in [0.25, 0.3) is 0 Å². The number of unbranched alkanes of at least 4 members (excludes halogenated alkanes) is 5. The van der Waals surface area contributed by atoms with E-state index in [2.05, 4.69) is 47.7 Å². The van der Waals surface area contributed by atoms with E-state index in [0.717, 1.165) is 44.9 Å². The second-order valence-electron chi connectivity index (χ2n) is 4.30. The Morgan fingerprint density at radius 3 is 2.40 bits per heavy atom. The van der Waals surface area contributed by atoms with Gasteiger partial charge in [-0.2, -0.15) is 0 Å². The molecule has 0 aromatic heterocycles. The molecule has 0 saturated carbocycles. The van der Waals surface area contributed by atoms with Crippen LogP contribution in [0.5, 0.6) is 0 Å². The Labute approximate surface area is 122 Å². The summed E-state index contributed by atoms with van der Waals surface area (Å²) in [5, 5.41) is 8.48. The van der Waals surface area contributed by atoms with E-state index in [1.54, 1.807) is 6.92 Å². The van der Waals surface area contributed by atoms with E-state index in [1.807, 2.05) is 0 Å². The third-order valence-electron chi connectivity index (χ3n) is 2.55. The van der Waals surface area contributed by atoms with Crippen LogP contribution in [0.15, 0.2) is 12.2 Å². The van der Waals surface area contributed by atoms with Gasteiger partial charge in [0.2, 0.25) is 0 Å². The number of carboxylic acids is 1. The molecule has 0 bridgehead atoms. The zero-order valence-corrected chi connectivity index (χ0v) is 12.2. The molecule has 0 aliphatic carbocycles. The van der Waals surface area contributed by atoms with Crippen molar-refractivity contribution in [3.8, 4) is 35.5 Å². The summed E-state index contributed by atoms with van der Waals surface area (Å²) in [6.45, 7) is 1.75. The molecule has 0 fully saturated rings. The first-order valence-corrected chi connectivity index (χ1v) is 7.03. The molecule has 0 aromatic carbocycles. The summed E-state index contributed by atoms with van der Waals surface area (Å²) in [5.41, 5.74) is 0. The molecule has 0 aromatic rings. The van der Waals surface area contributed by atoms with Crippen LogP contribution < -0.4 is 0 Å². The maximum absolute atomic E-state index is 10.3. The third-order valence-corrected chi connectivity index (χ3v) is 2.55. The molecule has 0 heterocycles. The van der Waals surface area contributed by atoms with Gasteiger partial charge in [-0.3, -0.25) is 4.79 Å². The van der Waals surface area contributed by atoms with E-state index in [1.165, 1.54) is 0 Å². The molecule has 0 aliphatic rings. The van der Waals surface area contributed by atoms with Gasteiger partial charge in [-0.15, -0.1) is 0 Å². The lowest BCUT2D eigenvalue weighted by atomic mass is 10.1. The Hall–Kier alpha value is -2.11. The lowest BCUT2D eigenvalue weighted by Crippen LogP contribution is -1.93. The highest BCUT2D eigenvalue weighted by Gasteiger charge is 1.95. The van der Waals surface area contributed by atoms with Gasteiger partial charge in [0, 0.05) is 12.8 Å². The minimum atomic E-state index is -0.694. The van der Waals surface area contributed by atoms with E-state index < -0.39 is 5.97 Å². The summed E-state index contributed by atoms with van der Waals surface area (Å²) in [6, 6.07) is 0. The second kappa shape index (κ2) is 14.9. The first kappa shape index (κ1) is 17.9. The van der Waals surface area contributed by atoms with Crippen molar-refractivity contribution < 1.29 is 9.90 Å². The number of allylic oxidation sites excluding steroid dienone is 2. The Balaban J connectivity index is 3.38. The highest BCUT2D eigenvalue weighted by Crippen LogP contribution is 2.07. The van der Waals surface area contributed by atoms with Gasteiger partial charge in [-0.1, -0.05) is 43.3 Å². The molecule has 0 spiro atoms. The summed E-state index contributed by atoms with van der Waals surface area (Å²) < 4.78 is 0. The smallest absolute Gasteiger partial charge is 0.303 e. The normalized spacial score (nSPS) is 8.85. The summed E-state index contributed by atoms with van der Waals surface area (Å²) in [6.07, 6.45) is 11.5.